The zero-order valence-corrected chi connectivity index (χ0v) is 13.3. The minimum absolute atomic E-state index is 0.0804. The number of carbonyl (C=O) groups excluding carboxylic acids is 2. The van der Waals surface area contributed by atoms with E-state index in [4.69, 9.17) is 11.6 Å². The van der Waals surface area contributed by atoms with Gasteiger partial charge in [0.1, 0.15) is 6.54 Å². The van der Waals surface area contributed by atoms with E-state index in [1.54, 1.807) is 11.6 Å². The van der Waals surface area contributed by atoms with Gasteiger partial charge in [-0.1, -0.05) is 6.92 Å². The van der Waals surface area contributed by atoms with Gasteiger partial charge in [0.15, 0.2) is 0 Å². The highest BCUT2D eigenvalue weighted by Crippen LogP contribution is 2.21. The minimum Gasteiger partial charge on any atom is -0.269 e. The molecule has 0 bridgehead atoms. The Morgan fingerprint density at radius 3 is 2.63 bits per heavy atom. The molecule has 2 heterocycles. The van der Waals surface area contributed by atoms with Gasteiger partial charge in [-0.25, -0.2) is 9.37 Å². The number of nitrogens with zero attached hydrogens (tertiary/aromatic N) is 4. The lowest BCUT2D eigenvalue weighted by Gasteiger charge is -2.30. The molecule has 1 fully saturated rings. The van der Waals surface area contributed by atoms with E-state index in [2.05, 4.69) is 20.9 Å². The van der Waals surface area contributed by atoms with Gasteiger partial charge in [-0.15, -0.1) is 11.6 Å². The molecule has 0 aromatic heterocycles. The third-order valence-corrected chi connectivity index (χ3v) is 4.40. The molecule has 6 nitrogen and oxygen atoms in total. The molecule has 0 spiro atoms. The Bertz CT molecular complexity index is 505. The number of imide groups is 1. The number of halogens is 2. The fraction of sp³-hybridized carbons (Fsp3) is 0.636. The van der Waals surface area contributed by atoms with Crippen molar-refractivity contribution in [1.82, 2.24) is 9.80 Å². The van der Waals surface area contributed by atoms with Crippen molar-refractivity contribution in [3.05, 3.63) is 0 Å². The Morgan fingerprint density at radius 2 is 2.05 bits per heavy atom. The van der Waals surface area contributed by atoms with Crippen LogP contribution in [0.4, 0.5) is 4.79 Å². The molecule has 19 heavy (non-hydrogen) atoms. The number of aliphatic imine (C=N–C) groups is 1. The number of urea groups is 1. The van der Waals surface area contributed by atoms with Gasteiger partial charge < -0.3 is 0 Å². The van der Waals surface area contributed by atoms with E-state index >= 15 is 0 Å². The summed E-state index contributed by atoms with van der Waals surface area (Å²) < 4.78 is 2.33. The highest BCUT2D eigenvalue weighted by Gasteiger charge is 2.52. The Kier molecular flexibility index (Phi) is 3.96. The first-order valence-corrected chi connectivity index (χ1v) is 7.18. The molecule has 3 amide bonds. The first kappa shape index (κ1) is 14.5. The Labute approximate surface area is 124 Å². The van der Waals surface area contributed by atoms with Crippen molar-refractivity contribution >= 4 is 50.0 Å². The Balaban J connectivity index is 2.34. The summed E-state index contributed by atoms with van der Waals surface area (Å²) in [6.07, 6.45) is 0.791. The van der Waals surface area contributed by atoms with Crippen LogP contribution in [0.5, 0.6) is 0 Å². The fourth-order valence-corrected chi connectivity index (χ4v) is 2.77. The number of carbonyl (C=O) groups is 2. The van der Waals surface area contributed by atoms with Crippen molar-refractivity contribution in [2.45, 2.75) is 24.8 Å². The number of alkyl halides is 1. The lowest BCUT2D eigenvalue weighted by Crippen LogP contribution is -2.61. The predicted octanol–water partition coefficient (Wildman–Crippen LogP) is 1.07. The number of amides is 3. The van der Waals surface area contributed by atoms with Gasteiger partial charge in [-0.3, -0.25) is 14.6 Å². The second-order valence-corrected chi connectivity index (χ2v) is 5.86. The van der Waals surface area contributed by atoms with Gasteiger partial charge >= 0.3 is 10.8 Å². The van der Waals surface area contributed by atoms with Crippen molar-refractivity contribution < 1.29 is 14.2 Å². The zero-order chi connectivity index (χ0) is 14.3. The lowest BCUT2D eigenvalue weighted by atomic mass is 10.1. The standard InChI is InChI=1S/C11H15BrClN4O2/c1-4-6(13)5-17-7-8(14-10(17)12)15(2)11(19)16(3)9(7)18/h6-7H,4-5H2,1-3H3/q+1. The molecule has 0 aromatic rings. The van der Waals surface area contributed by atoms with Crippen LogP contribution in [0, 0.1) is 0 Å². The Morgan fingerprint density at radius 1 is 1.42 bits per heavy atom. The summed E-state index contributed by atoms with van der Waals surface area (Å²) in [5.41, 5.74) is 0. The summed E-state index contributed by atoms with van der Waals surface area (Å²) in [5.74, 6) is 0.163. The van der Waals surface area contributed by atoms with Crippen LogP contribution in [0.2, 0.25) is 0 Å². The van der Waals surface area contributed by atoms with E-state index in [1.165, 1.54) is 11.9 Å². The van der Waals surface area contributed by atoms with Gasteiger partial charge in [0.2, 0.25) is 0 Å². The molecular formula is C11H15BrClN4O2+. The average Bonchev–Trinajstić information content (AvgIpc) is 2.71. The molecular weight excluding hydrogens is 336 g/mol. The molecule has 2 aliphatic rings. The van der Waals surface area contributed by atoms with E-state index < -0.39 is 6.04 Å². The number of fused-ring (bicyclic) bond motifs is 1. The largest absolute Gasteiger partial charge is 0.364 e. The van der Waals surface area contributed by atoms with Crippen LogP contribution in [0.15, 0.2) is 4.99 Å². The smallest absolute Gasteiger partial charge is 0.269 e. The summed E-state index contributed by atoms with van der Waals surface area (Å²) in [5, 5.41) is -0.0804. The van der Waals surface area contributed by atoms with Crippen LogP contribution in [0.3, 0.4) is 0 Å². The second-order valence-electron chi connectivity index (χ2n) is 4.54. The molecule has 2 unspecified atom stereocenters. The van der Waals surface area contributed by atoms with Gasteiger partial charge in [0.25, 0.3) is 17.8 Å². The van der Waals surface area contributed by atoms with Crippen LogP contribution >= 0.6 is 27.5 Å². The summed E-state index contributed by atoms with van der Waals surface area (Å²) in [6, 6.07) is -0.949. The zero-order valence-electron chi connectivity index (χ0n) is 10.9. The van der Waals surface area contributed by atoms with Crippen LogP contribution in [0.1, 0.15) is 13.3 Å². The number of likely N-dealkylation sites (N-methyl/N-ethyl adjacent to an activating group) is 2. The highest BCUT2D eigenvalue weighted by molar-refractivity contribution is 9.18. The summed E-state index contributed by atoms with van der Waals surface area (Å²) >= 11 is 9.49. The van der Waals surface area contributed by atoms with Gasteiger partial charge in [0, 0.05) is 14.1 Å². The molecule has 2 rings (SSSR count). The lowest BCUT2D eigenvalue weighted by molar-refractivity contribution is -0.532. The van der Waals surface area contributed by atoms with Crippen molar-refractivity contribution in [3.63, 3.8) is 0 Å². The molecule has 0 N–H and O–H groups in total. The highest BCUT2D eigenvalue weighted by atomic mass is 79.9. The van der Waals surface area contributed by atoms with Crippen LogP contribution in [0.25, 0.3) is 0 Å². The second kappa shape index (κ2) is 5.20. The minimum atomic E-state index is -0.574. The maximum Gasteiger partial charge on any atom is 0.364 e. The van der Waals surface area contributed by atoms with E-state index in [0.29, 0.717) is 17.1 Å². The van der Waals surface area contributed by atoms with Gasteiger partial charge in [-0.2, -0.15) is 0 Å². The maximum absolute atomic E-state index is 12.3. The summed E-state index contributed by atoms with van der Waals surface area (Å²) in [6.45, 7) is 2.48. The van der Waals surface area contributed by atoms with E-state index in [-0.39, 0.29) is 17.3 Å². The molecule has 0 aromatic carbocycles. The number of hydrogen-bond donors (Lipinski definition) is 0. The molecule has 2 atom stereocenters. The first-order valence-electron chi connectivity index (χ1n) is 5.95. The molecule has 8 heteroatoms. The van der Waals surface area contributed by atoms with E-state index in [9.17, 15) is 9.59 Å². The molecule has 0 radical (unpaired) electrons. The van der Waals surface area contributed by atoms with Crippen LogP contribution in [-0.4, -0.2) is 69.0 Å². The average molecular weight is 351 g/mol. The van der Waals surface area contributed by atoms with E-state index in [1.807, 2.05) is 6.92 Å². The van der Waals surface area contributed by atoms with Gasteiger partial charge in [0.05, 0.1) is 21.3 Å². The third-order valence-electron chi connectivity index (χ3n) is 3.32. The van der Waals surface area contributed by atoms with Crippen molar-refractivity contribution in [3.8, 4) is 0 Å². The van der Waals surface area contributed by atoms with Crippen LogP contribution < -0.4 is 0 Å². The molecule has 104 valence electrons. The maximum atomic E-state index is 12.3. The molecule has 0 saturated carbocycles. The van der Waals surface area contributed by atoms with Crippen molar-refractivity contribution in [1.29, 1.82) is 0 Å². The Hall–Kier alpha value is -0.950. The summed E-state index contributed by atoms with van der Waals surface area (Å²) in [7, 11) is 3.08. The van der Waals surface area contributed by atoms with Crippen molar-refractivity contribution in [2.24, 2.45) is 4.99 Å². The SMILES string of the molecule is CCC(Cl)C[N+]1=C(Br)N=C2C1C(=O)N(C)C(=O)N2C. The number of hydrogen-bond acceptors (Lipinski definition) is 3. The molecule has 2 aliphatic heterocycles. The molecule has 1 saturated heterocycles. The van der Waals surface area contributed by atoms with Crippen LogP contribution in [-0.2, 0) is 4.79 Å². The predicted molar refractivity (Wildman–Crippen MR) is 76.1 cm³/mol. The summed E-state index contributed by atoms with van der Waals surface area (Å²) in [4.78, 5) is 30.9. The van der Waals surface area contributed by atoms with Gasteiger partial charge in [-0.05, 0) is 11.4 Å². The normalized spacial score (nSPS) is 24.9. The third kappa shape index (κ3) is 2.29. The monoisotopic (exact) mass is 349 g/mol. The molecule has 0 aliphatic carbocycles. The van der Waals surface area contributed by atoms with E-state index in [0.717, 1.165) is 11.3 Å². The quantitative estimate of drug-likeness (QED) is 0.434. The first-order chi connectivity index (χ1) is 8.88. The number of rotatable bonds is 3. The fourth-order valence-electron chi connectivity index (χ4n) is 2.09. The van der Waals surface area contributed by atoms with Crippen molar-refractivity contribution in [2.75, 3.05) is 20.6 Å². The topological polar surface area (TPSA) is 56.0 Å². The number of amidine groups is 2.